The molecule has 128 valence electrons. The number of aromatic nitrogens is 3. The maximum atomic E-state index is 12.4. The zero-order valence-electron chi connectivity index (χ0n) is 13.9. The summed E-state index contributed by atoms with van der Waals surface area (Å²) in [4.78, 5) is 22.7. The summed E-state index contributed by atoms with van der Waals surface area (Å²) in [5.41, 5.74) is 1.19. The van der Waals surface area contributed by atoms with Crippen molar-refractivity contribution in [2.45, 2.75) is 31.6 Å². The monoisotopic (exact) mass is 345 g/mol. The lowest BCUT2D eigenvalue weighted by Gasteiger charge is -2.32. The highest BCUT2D eigenvalue weighted by molar-refractivity contribution is 7.98. The van der Waals surface area contributed by atoms with Crippen LogP contribution >= 0.6 is 11.8 Å². The number of imidazole rings is 1. The summed E-state index contributed by atoms with van der Waals surface area (Å²) >= 11 is 1.86. The van der Waals surface area contributed by atoms with Gasteiger partial charge in [-0.15, -0.1) is 0 Å². The van der Waals surface area contributed by atoms with Crippen LogP contribution < -0.4 is 5.32 Å². The van der Waals surface area contributed by atoms with Gasteiger partial charge in [-0.2, -0.15) is 11.8 Å². The molecule has 0 aromatic carbocycles. The van der Waals surface area contributed by atoms with E-state index in [9.17, 15) is 4.79 Å². The molecule has 0 spiro atoms. The van der Waals surface area contributed by atoms with Crippen molar-refractivity contribution in [2.75, 3.05) is 24.2 Å². The van der Waals surface area contributed by atoms with Crippen molar-refractivity contribution in [3.05, 3.63) is 42.6 Å². The highest BCUT2D eigenvalue weighted by Crippen LogP contribution is 2.22. The lowest BCUT2D eigenvalue weighted by atomic mass is 10.1. The number of hydrogen-bond acceptors (Lipinski definition) is 4. The van der Waals surface area contributed by atoms with E-state index in [0.717, 1.165) is 37.4 Å². The van der Waals surface area contributed by atoms with Gasteiger partial charge in [0.2, 0.25) is 0 Å². The van der Waals surface area contributed by atoms with Gasteiger partial charge in [-0.3, -0.25) is 5.32 Å². The number of piperidine rings is 1. The van der Waals surface area contributed by atoms with Crippen molar-refractivity contribution in [1.29, 1.82) is 0 Å². The van der Waals surface area contributed by atoms with E-state index in [1.54, 1.807) is 12.4 Å². The number of rotatable bonds is 5. The van der Waals surface area contributed by atoms with E-state index in [-0.39, 0.29) is 6.03 Å². The SMILES string of the molecule is CCSCc1ccnc(NC(=O)N2CCC(n3ccnc3)CC2)c1. The average molecular weight is 345 g/mol. The third-order valence-corrected chi connectivity index (χ3v) is 5.18. The molecule has 0 unspecified atom stereocenters. The van der Waals surface area contributed by atoms with E-state index in [2.05, 4.69) is 26.8 Å². The summed E-state index contributed by atoms with van der Waals surface area (Å²) in [5, 5.41) is 2.93. The van der Waals surface area contributed by atoms with Crippen molar-refractivity contribution in [1.82, 2.24) is 19.4 Å². The fourth-order valence-corrected chi connectivity index (χ4v) is 3.51. The second kappa shape index (κ2) is 8.19. The van der Waals surface area contributed by atoms with Crippen molar-refractivity contribution in [3.63, 3.8) is 0 Å². The van der Waals surface area contributed by atoms with Gasteiger partial charge in [0.1, 0.15) is 5.82 Å². The van der Waals surface area contributed by atoms with Crippen LogP contribution in [0, 0.1) is 0 Å². The van der Waals surface area contributed by atoms with Crippen LogP contribution in [0.1, 0.15) is 31.4 Å². The normalized spacial score (nSPS) is 15.5. The van der Waals surface area contributed by atoms with Gasteiger partial charge in [-0.05, 0) is 36.3 Å². The number of carbonyl (C=O) groups excluding carboxylic acids is 1. The van der Waals surface area contributed by atoms with Gasteiger partial charge in [0.05, 0.1) is 6.33 Å². The molecule has 3 rings (SSSR count). The quantitative estimate of drug-likeness (QED) is 0.902. The number of pyridine rings is 1. The van der Waals surface area contributed by atoms with Crippen LogP contribution in [0.25, 0.3) is 0 Å². The summed E-state index contributed by atoms with van der Waals surface area (Å²) in [6, 6.07) is 4.32. The third-order valence-electron chi connectivity index (χ3n) is 4.23. The van der Waals surface area contributed by atoms with Gasteiger partial charge in [-0.25, -0.2) is 14.8 Å². The van der Waals surface area contributed by atoms with Gasteiger partial charge >= 0.3 is 6.03 Å². The molecule has 1 saturated heterocycles. The first-order valence-electron chi connectivity index (χ1n) is 8.32. The first kappa shape index (κ1) is 16.8. The minimum Gasteiger partial charge on any atom is -0.334 e. The number of amides is 2. The topological polar surface area (TPSA) is 63.1 Å². The van der Waals surface area contributed by atoms with E-state index >= 15 is 0 Å². The standard InChI is InChI=1S/C17H23N5OS/c1-2-24-12-14-3-6-19-16(11-14)20-17(23)21-8-4-15(5-9-21)22-10-7-18-13-22/h3,6-7,10-11,13,15H,2,4-5,8-9,12H2,1H3,(H,19,20,23). The molecule has 6 nitrogen and oxygen atoms in total. The van der Waals surface area contributed by atoms with E-state index in [1.807, 2.05) is 41.3 Å². The Balaban J connectivity index is 1.52. The van der Waals surface area contributed by atoms with Crippen LogP contribution in [-0.2, 0) is 5.75 Å². The molecule has 2 aromatic rings. The zero-order chi connectivity index (χ0) is 16.8. The molecule has 0 atom stereocenters. The smallest absolute Gasteiger partial charge is 0.323 e. The molecule has 0 saturated carbocycles. The summed E-state index contributed by atoms with van der Waals surface area (Å²) in [5.74, 6) is 2.65. The number of urea groups is 1. The predicted octanol–water partition coefficient (Wildman–Crippen LogP) is 3.40. The molecule has 3 heterocycles. The molecule has 1 aliphatic rings. The maximum absolute atomic E-state index is 12.4. The van der Waals surface area contributed by atoms with Crippen LogP contribution in [0.4, 0.5) is 10.6 Å². The molecule has 2 aromatic heterocycles. The third kappa shape index (κ3) is 4.29. The Kier molecular flexibility index (Phi) is 5.74. The Labute approximate surface area is 146 Å². The van der Waals surface area contributed by atoms with Crippen LogP contribution in [-0.4, -0.2) is 44.3 Å². The average Bonchev–Trinajstić information content (AvgIpc) is 3.15. The van der Waals surface area contributed by atoms with E-state index in [1.165, 1.54) is 5.56 Å². The van der Waals surface area contributed by atoms with Gasteiger partial charge < -0.3 is 9.47 Å². The van der Waals surface area contributed by atoms with Crippen LogP contribution in [0.3, 0.4) is 0 Å². The number of hydrogen-bond donors (Lipinski definition) is 1. The minimum atomic E-state index is -0.0631. The Morgan fingerprint density at radius 2 is 2.21 bits per heavy atom. The molecule has 2 amide bonds. The number of carbonyl (C=O) groups is 1. The number of thioether (sulfide) groups is 1. The summed E-state index contributed by atoms with van der Waals surface area (Å²) in [6.45, 7) is 3.64. The molecule has 24 heavy (non-hydrogen) atoms. The molecular weight excluding hydrogens is 322 g/mol. The minimum absolute atomic E-state index is 0.0631. The van der Waals surface area contributed by atoms with Crippen LogP contribution in [0.5, 0.6) is 0 Å². The summed E-state index contributed by atoms with van der Waals surface area (Å²) in [6.07, 6.45) is 9.30. The summed E-state index contributed by atoms with van der Waals surface area (Å²) in [7, 11) is 0. The zero-order valence-corrected chi connectivity index (χ0v) is 14.7. The van der Waals surface area contributed by atoms with Crippen molar-refractivity contribution in [3.8, 4) is 0 Å². The lowest BCUT2D eigenvalue weighted by Crippen LogP contribution is -2.41. The molecule has 0 aliphatic carbocycles. The van der Waals surface area contributed by atoms with Crippen LogP contribution in [0.2, 0.25) is 0 Å². The fourth-order valence-electron chi connectivity index (χ4n) is 2.89. The molecule has 1 aliphatic heterocycles. The largest absolute Gasteiger partial charge is 0.334 e. The Morgan fingerprint density at radius 3 is 2.92 bits per heavy atom. The molecule has 1 N–H and O–H groups in total. The van der Waals surface area contributed by atoms with Gasteiger partial charge in [-0.1, -0.05) is 6.92 Å². The molecule has 0 bridgehead atoms. The van der Waals surface area contributed by atoms with Gasteiger partial charge in [0.15, 0.2) is 0 Å². The Bertz CT molecular complexity index is 653. The number of likely N-dealkylation sites (tertiary alicyclic amines) is 1. The highest BCUT2D eigenvalue weighted by Gasteiger charge is 2.23. The van der Waals surface area contributed by atoms with E-state index < -0.39 is 0 Å². The Hall–Kier alpha value is -2.02. The highest BCUT2D eigenvalue weighted by atomic mass is 32.2. The number of nitrogens with zero attached hydrogens (tertiary/aromatic N) is 4. The second-order valence-electron chi connectivity index (χ2n) is 5.84. The first-order chi connectivity index (χ1) is 11.8. The summed E-state index contributed by atoms with van der Waals surface area (Å²) < 4.78 is 2.13. The second-order valence-corrected chi connectivity index (χ2v) is 7.12. The van der Waals surface area contributed by atoms with Crippen molar-refractivity contribution >= 4 is 23.6 Å². The van der Waals surface area contributed by atoms with Crippen LogP contribution in [0.15, 0.2) is 37.1 Å². The Morgan fingerprint density at radius 1 is 1.38 bits per heavy atom. The molecular formula is C17H23N5OS. The van der Waals surface area contributed by atoms with Gasteiger partial charge in [0.25, 0.3) is 0 Å². The van der Waals surface area contributed by atoms with E-state index in [0.29, 0.717) is 11.9 Å². The maximum Gasteiger partial charge on any atom is 0.323 e. The predicted molar refractivity (Wildman–Crippen MR) is 97.2 cm³/mol. The van der Waals surface area contributed by atoms with Crippen molar-refractivity contribution in [2.24, 2.45) is 0 Å². The molecule has 0 radical (unpaired) electrons. The molecule has 7 heteroatoms. The number of nitrogens with one attached hydrogen (secondary N) is 1. The van der Waals surface area contributed by atoms with E-state index in [4.69, 9.17) is 0 Å². The van der Waals surface area contributed by atoms with Crippen molar-refractivity contribution < 1.29 is 4.79 Å². The number of anilines is 1. The first-order valence-corrected chi connectivity index (χ1v) is 9.47. The fraction of sp³-hybridized carbons (Fsp3) is 0.471. The van der Waals surface area contributed by atoms with Gasteiger partial charge in [0, 0.05) is 43.5 Å². The lowest BCUT2D eigenvalue weighted by molar-refractivity contribution is 0.183. The molecule has 1 fully saturated rings.